The van der Waals surface area contributed by atoms with Crippen LogP contribution >= 0.6 is 0 Å². The van der Waals surface area contributed by atoms with Gasteiger partial charge in [0.25, 0.3) is 0 Å². The number of aromatic nitrogens is 2. The van der Waals surface area contributed by atoms with Crippen molar-refractivity contribution < 1.29 is 9.90 Å². The topological polar surface area (TPSA) is 93.3 Å². The summed E-state index contributed by atoms with van der Waals surface area (Å²) in [7, 11) is 0. The van der Waals surface area contributed by atoms with E-state index in [9.17, 15) is 9.90 Å². The van der Waals surface area contributed by atoms with E-state index < -0.39 is 0 Å². The number of amides is 2. The molecule has 1 unspecified atom stereocenters. The molecule has 1 fully saturated rings. The summed E-state index contributed by atoms with van der Waals surface area (Å²) in [6, 6.07) is 5.71. The first-order valence-corrected chi connectivity index (χ1v) is 8.59. The average Bonchev–Trinajstić information content (AvgIpc) is 3.07. The van der Waals surface area contributed by atoms with E-state index >= 15 is 0 Å². The van der Waals surface area contributed by atoms with Crippen LogP contribution in [0.2, 0.25) is 0 Å². The van der Waals surface area contributed by atoms with Crippen LogP contribution < -0.4 is 10.6 Å². The third-order valence-corrected chi connectivity index (χ3v) is 4.57. The van der Waals surface area contributed by atoms with Crippen molar-refractivity contribution >= 4 is 22.6 Å². The van der Waals surface area contributed by atoms with Crippen molar-refractivity contribution in [1.82, 2.24) is 20.4 Å². The van der Waals surface area contributed by atoms with E-state index in [0.717, 1.165) is 42.5 Å². The Balaban J connectivity index is 1.39. The van der Waals surface area contributed by atoms with Crippen molar-refractivity contribution in [3.8, 4) is 0 Å². The number of nitrogens with zero attached hydrogens (tertiary/aromatic N) is 2. The molecule has 0 radical (unpaired) electrons. The molecule has 0 saturated carbocycles. The minimum Gasteiger partial charge on any atom is -0.395 e. The van der Waals surface area contributed by atoms with Crippen molar-refractivity contribution in [2.45, 2.75) is 31.7 Å². The Kier molecular flexibility index (Phi) is 5.66. The van der Waals surface area contributed by atoms with Gasteiger partial charge in [-0.05, 0) is 44.0 Å². The maximum atomic E-state index is 12.0. The number of aliphatic hydroxyl groups excluding tert-OH is 1. The second-order valence-electron chi connectivity index (χ2n) is 6.27. The third-order valence-electron chi connectivity index (χ3n) is 4.57. The maximum absolute atomic E-state index is 12.0. The Morgan fingerprint density at radius 2 is 2.33 bits per heavy atom. The quantitative estimate of drug-likeness (QED) is 0.609. The summed E-state index contributed by atoms with van der Waals surface area (Å²) in [6.07, 6.45) is 6.07. The predicted molar refractivity (Wildman–Crippen MR) is 94.0 cm³/mol. The maximum Gasteiger partial charge on any atom is 0.319 e. The number of H-pyrrole nitrogens is 1. The van der Waals surface area contributed by atoms with Crippen molar-refractivity contribution in [3.63, 3.8) is 0 Å². The number of hydrogen-bond donors (Lipinski definition) is 4. The van der Waals surface area contributed by atoms with Gasteiger partial charge in [0, 0.05) is 30.2 Å². The lowest BCUT2D eigenvalue weighted by Crippen LogP contribution is -2.43. The molecule has 130 valence electrons. The molecule has 24 heavy (non-hydrogen) atoms. The molecule has 0 aliphatic carbocycles. The van der Waals surface area contributed by atoms with E-state index in [-0.39, 0.29) is 18.7 Å². The zero-order chi connectivity index (χ0) is 16.8. The van der Waals surface area contributed by atoms with Crippen LogP contribution in [0, 0.1) is 0 Å². The molecule has 3 rings (SSSR count). The normalized spacial score (nSPS) is 18.6. The summed E-state index contributed by atoms with van der Waals surface area (Å²) in [5.74, 6) is 0. The number of nitrogens with one attached hydrogen (secondary N) is 3. The van der Waals surface area contributed by atoms with Crippen LogP contribution in [-0.4, -0.2) is 58.5 Å². The standard InChI is InChI=1S/C17H25N5O2/c23-12-15-4-1-2-8-22(15)9-3-7-18-17(24)20-14-5-6-16-13(10-14)11-19-21-16/h5-6,10-11,15,23H,1-4,7-9,12H2,(H,19,21)(H2,18,20,24). The van der Waals surface area contributed by atoms with Gasteiger partial charge >= 0.3 is 6.03 Å². The molecule has 2 aromatic rings. The molecule has 1 aromatic heterocycles. The fourth-order valence-corrected chi connectivity index (χ4v) is 3.24. The Morgan fingerprint density at radius 3 is 3.21 bits per heavy atom. The van der Waals surface area contributed by atoms with Gasteiger partial charge in [-0.3, -0.25) is 10.00 Å². The molecule has 1 saturated heterocycles. The summed E-state index contributed by atoms with van der Waals surface area (Å²) in [5.41, 5.74) is 1.69. The van der Waals surface area contributed by atoms with Gasteiger partial charge in [0.1, 0.15) is 0 Å². The summed E-state index contributed by atoms with van der Waals surface area (Å²) >= 11 is 0. The molecule has 1 atom stereocenters. The number of carbonyl (C=O) groups excluding carboxylic acids is 1. The van der Waals surface area contributed by atoms with E-state index in [0.29, 0.717) is 6.54 Å². The van der Waals surface area contributed by atoms with Gasteiger partial charge in [-0.1, -0.05) is 6.42 Å². The van der Waals surface area contributed by atoms with E-state index in [2.05, 4.69) is 25.7 Å². The number of anilines is 1. The highest BCUT2D eigenvalue weighted by molar-refractivity contribution is 5.92. The molecule has 7 nitrogen and oxygen atoms in total. The molecule has 0 spiro atoms. The minimum absolute atomic E-state index is 0.199. The smallest absolute Gasteiger partial charge is 0.319 e. The van der Waals surface area contributed by atoms with E-state index in [1.54, 1.807) is 6.20 Å². The summed E-state index contributed by atoms with van der Waals surface area (Å²) in [6.45, 7) is 2.80. The highest BCUT2D eigenvalue weighted by Gasteiger charge is 2.20. The largest absolute Gasteiger partial charge is 0.395 e. The van der Waals surface area contributed by atoms with Gasteiger partial charge in [0.2, 0.25) is 0 Å². The molecule has 2 heterocycles. The zero-order valence-electron chi connectivity index (χ0n) is 13.8. The molecule has 0 bridgehead atoms. The molecule has 1 aliphatic heterocycles. The number of benzene rings is 1. The van der Waals surface area contributed by atoms with E-state index in [1.165, 1.54) is 12.8 Å². The van der Waals surface area contributed by atoms with Crippen molar-refractivity contribution in [2.75, 3.05) is 31.6 Å². The number of aromatic amines is 1. The van der Waals surface area contributed by atoms with Crippen LogP contribution in [-0.2, 0) is 0 Å². The van der Waals surface area contributed by atoms with Gasteiger partial charge in [0.15, 0.2) is 0 Å². The lowest BCUT2D eigenvalue weighted by atomic mass is 10.0. The molecular weight excluding hydrogens is 306 g/mol. The fraction of sp³-hybridized carbons (Fsp3) is 0.529. The highest BCUT2D eigenvalue weighted by Crippen LogP contribution is 2.17. The molecular formula is C17H25N5O2. The second-order valence-corrected chi connectivity index (χ2v) is 6.27. The Morgan fingerprint density at radius 1 is 1.42 bits per heavy atom. The van der Waals surface area contributed by atoms with Crippen molar-refractivity contribution in [2.24, 2.45) is 0 Å². The third kappa shape index (κ3) is 4.24. The number of piperidine rings is 1. The second kappa shape index (κ2) is 8.12. The van der Waals surface area contributed by atoms with Gasteiger partial charge < -0.3 is 15.7 Å². The van der Waals surface area contributed by atoms with E-state index in [4.69, 9.17) is 0 Å². The Labute approximate surface area is 141 Å². The fourth-order valence-electron chi connectivity index (χ4n) is 3.24. The number of hydrogen-bond acceptors (Lipinski definition) is 4. The molecule has 1 aliphatic rings. The molecule has 7 heteroatoms. The van der Waals surface area contributed by atoms with Gasteiger partial charge in [-0.15, -0.1) is 0 Å². The summed E-state index contributed by atoms with van der Waals surface area (Å²) < 4.78 is 0. The van der Waals surface area contributed by atoms with Crippen LogP contribution in [0.4, 0.5) is 10.5 Å². The summed E-state index contributed by atoms with van der Waals surface area (Å²) in [4.78, 5) is 14.3. The Bertz CT molecular complexity index is 672. The first-order chi connectivity index (χ1) is 11.8. The highest BCUT2D eigenvalue weighted by atomic mass is 16.3. The van der Waals surface area contributed by atoms with Crippen molar-refractivity contribution in [3.05, 3.63) is 24.4 Å². The van der Waals surface area contributed by atoms with Gasteiger partial charge in [-0.2, -0.15) is 5.10 Å². The number of aliphatic hydroxyl groups is 1. The molecule has 1 aromatic carbocycles. The number of rotatable bonds is 6. The van der Waals surface area contributed by atoms with Crippen LogP contribution in [0.1, 0.15) is 25.7 Å². The van der Waals surface area contributed by atoms with E-state index in [1.807, 2.05) is 18.2 Å². The SMILES string of the molecule is O=C(NCCCN1CCCCC1CO)Nc1ccc2[nH]ncc2c1. The monoisotopic (exact) mass is 331 g/mol. The summed E-state index contributed by atoms with van der Waals surface area (Å²) in [5, 5.41) is 22.9. The number of fused-ring (bicyclic) bond motifs is 1. The van der Waals surface area contributed by atoms with Crippen LogP contribution in [0.15, 0.2) is 24.4 Å². The first kappa shape index (κ1) is 16.7. The molecule has 2 amide bonds. The van der Waals surface area contributed by atoms with Gasteiger partial charge in [-0.25, -0.2) is 4.79 Å². The number of likely N-dealkylation sites (tertiary alicyclic amines) is 1. The lowest BCUT2D eigenvalue weighted by molar-refractivity contribution is 0.0894. The minimum atomic E-state index is -0.199. The van der Waals surface area contributed by atoms with Crippen LogP contribution in [0.5, 0.6) is 0 Å². The molecule has 4 N–H and O–H groups in total. The zero-order valence-corrected chi connectivity index (χ0v) is 13.8. The number of carbonyl (C=O) groups is 1. The Hall–Kier alpha value is -2.12. The lowest BCUT2D eigenvalue weighted by Gasteiger charge is -2.34. The van der Waals surface area contributed by atoms with Crippen LogP contribution in [0.3, 0.4) is 0 Å². The first-order valence-electron chi connectivity index (χ1n) is 8.59. The van der Waals surface area contributed by atoms with Crippen LogP contribution in [0.25, 0.3) is 10.9 Å². The number of urea groups is 1. The van der Waals surface area contributed by atoms with Crippen molar-refractivity contribution in [1.29, 1.82) is 0 Å². The predicted octanol–water partition coefficient (Wildman–Crippen LogP) is 1.92. The van der Waals surface area contributed by atoms with Gasteiger partial charge in [0.05, 0.1) is 18.3 Å². The average molecular weight is 331 g/mol.